The fourth-order valence-corrected chi connectivity index (χ4v) is 2.60. The molecule has 0 spiro atoms. The van der Waals surface area contributed by atoms with Crippen LogP contribution < -0.4 is 9.47 Å². The van der Waals surface area contributed by atoms with Crippen molar-refractivity contribution in [2.24, 2.45) is 0 Å². The molecule has 0 unspecified atom stereocenters. The molecule has 0 aromatic heterocycles. The fourth-order valence-electron chi connectivity index (χ4n) is 2.60. The first-order chi connectivity index (χ1) is 13.0. The first-order valence-corrected chi connectivity index (χ1v) is 9.00. The van der Waals surface area contributed by atoms with Crippen molar-refractivity contribution in [3.05, 3.63) is 78.4 Å². The van der Waals surface area contributed by atoms with E-state index in [4.69, 9.17) is 9.47 Å². The maximum Gasteiger partial charge on any atom is 0.247 e. The Morgan fingerprint density at radius 1 is 1.15 bits per heavy atom. The molecule has 0 atom stereocenters. The van der Waals surface area contributed by atoms with E-state index in [1.165, 1.54) is 0 Å². The number of amides is 1. The van der Waals surface area contributed by atoms with E-state index in [1.54, 1.807) is 30.2 Å². The normalized spacial score (nSPS) is 10.8. The van der Waals surface area contributed by atoms with Gasteiger partial charge in [-0.2, -0.15) is 0 Å². The Bertz CT molecular complexity index is 781. The summed E-state index contributed by atoms with van der Waals surface area (Å²) in [7, 11) is 1.60. The largest absolute Gasteiger partial charge is 0.493 e. The van der Waals surface area contributed by atoms with Crippen LogP contribution in [0.15, 0.2) is 67.3 Å². The molecule has 4 heteroatoms. The van der Waals surface area contributed by atoms with E-state index < -0.39 is 0 Å². The van der Waals surface area contributed by atoms with E-state index in [0.717, 1.165) is 11.1 Å². The summed E-state index contributed by atoms with van der Waals surface area (Å²) in [5.41, 5.74) is 1.95. The van der Waals surface area contributed by atoms with Gasteiger partial charge in [0, 0.05) is 19.2 Å². The minimum Gasteiger partial charge on any atom is -0.493 e. The van der Waals surface area contributed by atoms with Crippen LogP contribution in [0.4, 0.5) is 0 Å². The molecular formula is C23H27NO3. The molecule has 1 amide bonds. The van der Waals surface area contributed by atoms with Gasteiger partial charge in [0.05, 0.1) is 13.2 Å². The third kappa shape index (κ3) is 6.33. The van der Waals surface area contributed by atoms with Gasteiger partial charge in [0.15, 0.2) is 11.5 Å². The number of hydrogen-bond acceptors (Lipinski definition) is 3. The number of rotatable bonds is 9. The molecule has 2 aromatic rings. The van der Waals surface area contributed by atoms with Gasteiger partial charge in [-0.3, -0.25) is 4.79 Å². The molecule has 0 saturated carbocycles. The average molecular weight is 365 g/mol. The molecule has 0 aliphatic heterocycles. The van der Waals surface area contributed by atoms with Gasteiger partial charge < -0.3 is 14.4 Å². The molecule has 0 radical (unpaired) electrons. The van der Waals surface area contributed by atoms with E-state index in [-0.39, 0.29) is 12.0 Å². The monoisotopic (exact) mass is 365 g/mol. The van der Waals surface area contributed by atoms with Gasteiger partial charge in [-0.25, -0.2) is 0 Å². The van der Waals surface area contributed by atoms with Crippen LogP contribution in [-0.2, 0) is 11.3 Å². The third-order valence-corrected chi connectivity index (χ3v) is 3.85. The fraction of sp³-hybridized carbons (Fsp3) is 0.261. The Kier molecular flexibility index (Phi) is 7.68. The molecular weight excluding hydrogens is 338 g/mol. The highest BCUT2D eigenvalue weighted by Gasteiger charge is 2.10. The van der Waals surface area contributed by atoms with E-state index in [9.17, 15) is 4.79 Å². The lowest BCUT2D eigenvalue weighted by molar-refractivity contribution is -0.126. The predicted molar refractivity (Wildman–Crippen MR) is 110 cm³/mol. The summed E-state index contributed by atoms with van der Waals surface area (Å²) in [4.78, 5) is 14.4. The maximum atomic E-state index is 12.6. The lowest BCUT2D eigenvalue weighted by Gasteiger charge is -2.19. The molecule has 0 N–H and O–H groups in total. The first kappa shape index (κ1) is 20.3. The van der Waals surface area contributed by atoms with E-state index >= 15 is 0 Å². The zero-order chi connectivity index (χ0) is 19.6. The number of methoxy groups -OCH3 is 1. The number of benzene rings is 2. The van der Waals surface area contributed by atoms with Crippen LogP contribution in [0.3, 0.4) is 0 Å². The third-order valence-electron chi connectivity index (χ3n) is 3.85. The van der Waals surface area contributed by atoms with Crippen LogP contribution >= 0.6 is 0 Å². The average Bonchev–Trinajstić information content (AvgIpc) is 2.67. The van der Waals surface area contributed by atoms with E-state index in [2.05, 4.69) is 6.58 Å². The second kappa shape index (κ2) is 10.2. The lowest BCUT2D eigenvalue weighted by atomic mass is 10.1. The minimum atomic E-state index is -0.0692. The van der Waals surface area contributed by atoms with Crippen molar-refractivity contribution in [2.75, 3.05) is 13.7 Å². The zero-order valence-corrected chi connectivity index (χ0v) is 16.2. The second-order valence-corrected chi connectivity index (χ2v) is 6.40. The summed E-state index contributed by atoms with van der Waals surface area (Å²) < 4.78 is 11.1. The van der Waals surface area contributed by atoms with Crippen molar-refractivity contribution in [3.8, 4) is 11.5 Å². The molecule has 0 aliphatic carbocycles. The molecule has 0 heterocycles. The number of carbonyl (C=O) groups excluding carboxylic acids is 1. The van der Waals surface area contributed by atoms with E-state index in [1.807, 2.05) is 62.4 Å². The molecule has 0 aliphatic rings. The van der Waals surface area contributed by atoms with Crippen LogP contribution in [0, 0.1) is 0 Å². The van der Waals surface area contributed by atoms with E-state index in [0.29, 0.717) is 24.6 Å². The SMILES string of the molecule is C=CCN(Cc1ccccc1)C(=O)/C=C/c1ccc(OC(C)C)c(OC)c1. The van der Waals surface area contributed by atoms with Gasteiger partial charge in [0.1, 0.15) is 0 Å². The van der Waals surface area contributed by atoms with Gasteiger partial charge in [-0.05, 0) is 43.2 Å². The standard InChI is InChI=1S/C23H27NO3/c1-5-15-24(17-20-9-7-6-8-10-20)23(25)14-12-19-11-13-21(27-18(2)3)22(16-19)26-4/h5-14,16,18H,1,15,17H2,2-4H3/b14-12+. The maximum absolute atomic E-state index is 12.6. The highest BCUT2D eigenvalue weighted by atomic mass is 16.5. The quantitative estimate of drug-likeness (QED) is 0.477. The Morgan fingerprint density at radius 3 is 2.52 bits per heavy atom. The number of ether oxygens (including phenoxy) is 2. The van der Waals surface area contributed by atoms with Crippen LogP contribution in [0.25, 0.3) is 6.08 Å². The summed E-state index contributed by atoms with van der Waals surface area (Å²) in [6, 6.07) is 15.5. The van der Waals surface area contributed by atoms with Crippen LogP contribution in [0.1, 0.15) is 25.0 Å². The second-order valence-electron chi connectivity index (χ2n) is 6.40. The Labute approximate surface area is 161 Å². The first-order valence-electron chi connectivity index (χ1n) is 9.00. The van der Waals surface area contributed by atoms with Crippen molar-refractivity contribution >= 4 is 12.0 Å². The highest BCUT2D eigenvalue weighted by Crippen LogP contribution is 2.29. The summed E-state index contributed by atoms with van der Waals surface area (Å²) in [6.07, 6.45) is 5.15. The van der Waals surface area contributed by atoms with Gasteiger partial charge >= 0.3 is 0 Å². The Balaban J connectivity index is 2.12. The molecule has 2 rings (SSSR count). The van der Waals surface area contributed by atoms with Crippen LogP contribution in [0.5, 0.6) is 11.5 Å². The molecule has 0 fully saturated rings. The smallest absolute Gasteiger partial charge is 0.247 e. The summed E-state index contributed by atoms with van der Waals surface area (Å²) >= 11 is 0. The summed E-state index contributed by atoms with van der Waals surface area (Å²) in [6.45, 7) is 8.71. The van der Waals surface area contributed by atoms with Crippen molar-refractivity contribution < 1.29 is 14.3 Å². The lowest BCUT2D eigenvalue weighted by Crippen LogP contribution is -2.29. The van der Waals surface area contributed by atoms with Gasteiger partial charge in [0.2, 0.25) is 5.91 Å². The minimum absolute atomic E-state index is 0.0623. The van der Waals surface area contributed by atoms with Crippen LogP contribution in [0.2, 0.25) is 0 Å². The molecule has 0 bridgehead atoms. The highest BCUT2D eigenvalue weighted by molar-refractivity contribution is 5.92. The van der Waals surface area contributed by atoms with Crippen molar-refractivity contribution in [3.63, 3.8) is 0 Å². The topological polar surface area (TPSA) is 38.8 Å². The van der Waals surface area contributed by atoms with Crippen molar-refractivity contribution in [1.82, 2.24) is 4.90 Å². The molecule has 27 heavy (non-hydrogen) atoms. The van der Waals surface area contributed by atoms with Crippen molar-refractivity contribution in [2.45, 2.75) is 26.5 Å². The van der Waals surface area contributed by atoms with Gasteiger partial charge in [-0.1, -0.05) is 42.5 Å². The Morgan fingerprint density at radius 2 is 1.89 bits per heavy atom. The summed E-state index contributed by atoms with van der Waals surface area (Å²) in [5, 5.41) is 0. The van der Waals surface area contributed by atoms with Crippen molar-refractivity contribution in [1.29, 1.82) is 0 Å². The van der Waals surface area contributed by atoms with Gasteiger partial charge in [-0.15, -0.1) is 6.58 Å². The summed E-state index contributed by atoms with van der Waals surface area (Å²) in [5.74, 6) is 1.26. The predicted octanol–water partition coefficient (Wildman–Crippen LogP) is 4.71. The molecule has 2 aromatic carbocycles. The molecule has 4 nitrogen and oxygen atoms in total. The molecule has 142 valence electrons. The van der Waals surface area contributed by atoms with Gasteiger partial charge in [0.25, 0.3) is 0 Å². The zero-order valence-electron chi connectivity index (χ0n) is 16.2. The number of nitrogens with zero attached hydrogens (tertiary/aromatic N) is 1. The number of hydrogen-bond donors (Lipinski definition) is 0. The molecule has 0 saturated heterocycles. The number of carbonyl (C=O) groups is 1. The Hall–Kier alpha value is -3.01. The van der Waals surface area contributed by atoms with Crippen LogP contribution in [-0.4, -0.2) is 30.6 Å².